The highest BCUT2D eigenvalue weighted by atomic mass is 32.1. The number of benzene rings is 11. The first kappa shape index (κ1) is 38.9. The molecule has 0 radical (unpaired) electrons. The minimum atomic E-state index is 0.855. The van der Waals surface area contributed by atoms with Crippen LogP contribution in [0.1, 0.15) is 0 Å². The van der Waals surface area contributed by atoms with Crippen molar-refractivity contribution in [2.45, 2.75) is 0 Å². The second kappa shape index (κ2) is 16.2. The van der Waals surface area contributed by atoms with Crippen molar-refractivity contribution < 1.29 is 4.42 Å². The van der Waals surface area contributed by atoms with Gasteiger partial charge in [0.2, 0.25) is 0 Å². The predicted octanol–water partition coefficient (Wildman–Crippen LogP) is 18.9. The minimum Gasteiger partial charge on any atom is -0.455 e. The minimum absolute atomic E-state index is 0.855. The lowest BCUT2D eigenvalue weighted by Crippen LogP contribution is -2.11. The van der Waals surface area contributed by atoms with E-state index in [2.05, 4.69) is 254 Å². The topological polar surface area (TPSA) is 16.4 Å². The molecule has 2 heterocycles. The smallest absolute Gasteiger partial charge is 0.145 e. The van der Waals surface area contributed by atoms with Gasteiger partial charge in [0.15, 0.2) is 0 Å². The van der Waals surface area contributed by atoms with E-state index in [1.807, 2.05) is 11.3 Å². The maximum Gasteiger partial charge on any atom is 0.145 e. The Morgan fingerprint density at radius 3 is 1.60 bits per heavy atom. The predicted molar refractivity (Wildman–Crippen MR) is 286 cm³/mol. The van der Waals surface area contributed by atoms with E-state index in [-0.39, 0.29) is 0 Å². The van der Waals surface area contributed by atoms with Crippen molar-refractivity contribution in [1.29, 1.82) is 0 Å². The molecule has 314 valence electrons. The number of anilines is 3. The summed E-state index contributed by atoms with van der Waals surface area (Å²) in [7, 11) is 0. The lowest BCUT2D eigenvalue weighted by Gasteiger charge is -2.28. The molecular formula is C64H41NOS. The van der Waals surface area contributed by atoms with E-state index < -0.39 is 0 Å². The molecule has 0 spiro atoms. The number of thiophene rings is 1. The Morgan fingerprint density at radius 1 is 0.328 bits per heavy atom. The van der Waals surface area contributed by atoms with Gasteiger partial charge in [-0.3, -0.25) is 0 Å². The fraction of sp³-hybridized carbons (Fsp3) is 0. The van der Waals surface area contributed by atoms with Crippen LogP contribution in [0.5, 0.6) is 0 Å². The van der Waals surface area contributed by atoms with Crippen LogP contribution < -0.4 is 4.90 Å². The number of fused-ring (bicyclic) bond motifs is 7. The highest BCUT2D eigenvalue weighted by molar-refractivity contribution is 7.26. The first-order chi connectivity index (χ1) is 33.2. The van der Waals surface area contributed by atoms with Gasteiger partial charge in [0.05, 0.1) is 16.8 Å². The first-order valence-electron chi connectivity index (χ1n) is 22.8. The zero-order valence-corrected chi connectivity index (χ0v) is 37.3. The summed E-state index contributed by atoms with van der Waals surface area (Å²) in [5.41, 5.74) is 16.6. The summed E-state index contributed by atoms with van der Waals surface area (Å²) in [6.45, 7) is 0. The second-order valence-corrected chi connectivity index (χ2v) is 18.3. The number of rotatable bonds is 8. The standard InChI is InChI=1S/C64H41NOS/c1-5-16-42(17-6-1)48-31-36-54-58(40-48)66-64-53(45-22-11-4-12-23-45)38-39-57(63(54)64)65(56-26-15-27-59-62(56)55-37-32-49(41-60(55)67-59)43-18-7-2-8-19-43)50-33-28-47(29-34-50)61-51-25-14-13-24-46(51)30-35-52(61)44-20-9-3-10-21-44/h1-41H. The van der Waals surface area contributed by atoms with E-state index in [9.17, 15) is 0 Å². The zero-order chi connectivity index (χ0) is 44.3. The molecule has 13 aromatic rings. The molecule has 0 aliphatic heterocycles. The Morgan fingerprint density at radius 2 is 0.896 bits per heavy atom. The molecular weight excluding hydrogens is 831 g/mol. The normalized spacial score (nSPS) is 11.6. The molecule has 0 N–H and O–H groups in total. The number of hydrogen-bond acceptors (Lipinski definition) is 3. The lowest BCUT2D eigenvalue weighted by atomic mass is 9.89. The summed E-state index contributed by atoms with van der Waals surface area (Å²) in [5.74, 6) is 0. The van der Waals surface area contributed by atoms with Gasteiger partial charge in [-0.25, -0.2) is 0 Å². The molecule has 11 aromatic carbocycles. The fourth-order valence-electron chi connectivity index (χ4n) is 10.1. The van der Waals surface area contributed by atoms with Crippen LogP contribution in [0.4, 0.5) is 17.1 Å². The zero-order valence-electron chi connectivity index (χ0n) is 36.4. The Kier molecular flexibility index (Phi) is 9.40. The van der Waals surface area contributed by atoms with Gasteiger partial charge >= 0.3 is 0 Å². The van der Waals surface area contributed by atoms with Crippen LogP contribution in [0.3, 0.4) is 0 Å². The van der Waals surface area contributed by atoms with Gasteiger partial charge < -0.3 is 9.32 Å². The van der Waals surface area contributed by atoms with E-state index in [4.69, 9.17) is 4.42 Å². The van der Waals surface area contributed by atoms with Gasteiger partial charge in [0.25, 0.3) is 0 Å². The van der Waals surface area contributed by atoms with Crippen LogP contribution in [0, 0.1) is 0 Å². The molecule has 3 heteroatoms. The Bertz CT molecular complexity index is 3950. The van der Waals surface area contributed by atoms with E-state index in [1.54, 1.807) is 0 Å². The van der Waals surface area contributed by atoms with Gasteiger partial charge in [-0.1, -0.05) is 194 Å². The Hall–Kier alpha value is -8.50. The molecule has 0 unspecified atom stereocenters. The Labute approximate surface area is 392 Å². The largest absolute Gasteiger partial charge is 0.455 e. The number of nitrogens with zero attached hydrogens (tertiary/aromatic N) is 1. The third-order valence-corrected chi connectivity index (χ3v) is 14.4. The van der Waals surface area contributed by atoms with Crippen LogP contribution >= 0.6 is 11.3 Å². The van der Waals surface area contributed by atoms with Crippen LogP contribution in [-0.2, 0) is 0 Å². The SMILES string of the molecule is c1ccc(-c2ccc3c(c2)oc2c(-c4ccccc4)ccc(N(c4ccc(-c5c(-c6ccccc6)ccc6ccccc56)cc4)c4cccc5sc6cc(-c7ccccc7)ccc6c45)c23)cc1. The van der Waals surface area contributed by atoms with E-state index in [0.29, 0.717) is 0 Å². The van der Waals surface area contributed by atoms with Crippen molar-refractivity contribution in [3.8, 4) is 55.6 Å². The molecule has 0 saturated carbocycles. The molecule has 0 bridgehead atoms. The van der Waals surface area contributed by atoms with Crippen molar-refractivity contribution >= 4 is 81.3 Å². The van der Waals surface area contributed by atoms with Crippen molar-refractivity contribution in [1.82, 2.24) is 0 Å². The first-order valence-corrected chi connectivity index (χ1v) is 23.6. The van der Waals surface area contributed by atoms with E-state index in [1.165, 1.54) is 64.3 Å². The maximum absolute atomic E-state index is 7.11. The van der Waals surface area contributed by atoms with Gasteiger partial charge in [-0.15, -0.1) is 11.3 Å². The summed E-state index contributed by atoms with van der Waals surface area (Å²) in [4.78, 5) is 2.47. The Balaban J connectivity index is 1.07. The highest BCUT2D eigenvalue weighted by Crippen LogP contribution is 2.51. The molecule has 2 nitrogen and oxygen atoms in total. The monoisotopic (exact) mass is 871 g/mol. The van der Waals surface area contributed by atoms with Crippen molar-refractivity contribution in [3.05, 3.63) is 249 Å². The van der Waals surface area contributed by atoms with Crippen molar-refractivity contribution in [2.75, 3.05) is 4.90 Å². The van der Waals surface area contributed by atoms with E-state index in [0.717, 1.165) is 61.3 Å². The number of furan rings is 1. The molecule has 0 aliphatic carbocycles. The summed E-state index contributed by atoms with van der Waals surface area (Å²) >= 11 is 1.85. The molecule has 0 fully saturated rings. The molecule has 13 rings (SSSR count). The summed E-state index contributed by atoms with van der Waals surface area (Å²) in [5, 5.41) is 7.06. The molecule has 0 amide bonds. The maximum atomic E-state index is 7.11. The van der Waals surface area contributed by atoms with Crippen LogP contribution in [0.15, 0.2) is 253 Å². The van der Waals surface area contributed by atoms with Crippen LogP contribution in [-0.4, -0.2) is 0 Å². The van der Waals surface area contributed by atoms with Gasteiger partial charge in [0.1, 0.15) is 11.2 Å². The van der Waals surface area contributed by atoms with Crippen molar-refractivity contribution in [2.24, 2.45) is 0 Å². The molecule has 2 aromatic heterocycles. The quantitative estimate of drug-likeness (QED) is 0.151. The summed E-state index contributed by atoms with van der Waals surface area (Å²) in [6, 6.07) is 90.0. The third-order valence-electron chi connectivity index (χ3n) is 13.3. The van der Waals surface area contributed by atoms with Crippen LogP contribution in [0.25, 0.3) is 109 Å². The average Bonchev–Trinajstić information content (AvgIpc) is 3.98. The molecule has 67 heavy (non-hydrogen) atoms. The second-order valence-electron chi connectivity index (χ2n) is 17.2. The third kappa shape index (κ3) is 6.71. The van der Waals surface area contributed by atoms with Crippen molar-refractivity contribution in [3.63, 3.8) is 0 Å². The molecule has 0 aliphatic rings. The number of hydrogen-bond donors (Lipinski definition) is 0. The van der Waals surface area contributed by atoms with Gasteiger partial charge in [-0.2, -0.15) is 0 Å². The van der Waals surface area contributed by atoms with Gasteiger partial charge in [-0.05, 0) is 115 Å². The molecule has 0 saturated heterocycles. The highest BCUT2D eigenvalue weighted by Gasteiger charge is 2.25. The van der Waals surface area contributed by atoms with E-state index >= 15 is 0 Å². The average molecular weight is 872 g/mol. The summed E-state index contributed by atoms with van der Waals surface area (Å²) < 4.78 is 9.61. The molecule has 0 atom stereocenters. The van der Waals surface area contributed by atoms with Gasteiger partial charge in [0, 0.05) is 36.8 Å². The fourth-order valence-corrected chi connectivity index (χ4v) is 11.3. The summed E-state index contributed by atoms with van der Waals surface area (Å²) in [6.07, 6.45) is 0. The lowest BCUT2D eigenvalue weighted by molar-refractivity contribution is 0.670. The van der Waals surface area contributed by atoms with Crippen LogP contribution in [0.2, 0.25) is 0 Å².